The summed E-state index contributed by atoms with van der Waals surface area (Å²) >= 11 is 0. The van der Waals surface area contributed by atoms with Crippen LogP contribution >= 0.6 is 0 Å². The van der Waals surface area contributed by atoms with Gasteiger partial charge >= 0.3 is 5.97 Å². The third-order valence-corrected chi connectivity index (χ3v) is 4.90. The fraction of sp³-hybridized carbons (Fsp3) is 0.500. The van der Waals surface area contributed by atoms with E-state index in [0.29, 0.717) is 12.2 Å². The highest BCUT2D eigenvalue weighted by molar-refractivity contribution is 7.92. The summed E-state index contributed by atoms with van der Waals surface area (Å²) < 4.78 is 30.4. The van der Waals surface area contributed by atoms with Crippen LogP contribution in [-0.2, 0) is 19.6 Å². The Balaban J connectivity index is 2.77. The normalized spacial score (nSPS) is 11.2. The molecule has 0 aliphatic heterocycles. The van der Waals surface area contributed by atoms with Gasteiger partial charge in [0.15, 0.2) is 0 Å². The number of nitrogens with zero attached hydrogens (tertiary/aromatic N) is 1. The molecule has 0 radical (unpaired) electrons. The molecule has 0 aliphatic carbocycles. The SMILES string of the molecule is CCN(c1ccc(C)cc1)S(=O)(=O)CCCC(=O)OC. The number of benzene rings is 1. The summed E-state index contributed by atoms with van der Waals surface area (Å²) in [7, 11) is -2.12. The van der Waals surface area contributed by atoms with Crippen molar-refractivity contribution in [2.24, 2.45) is 0 Å². The molecule has 20 heavy (non-hydrogen) atoms. The van der Waals surface area contributed by atoms with Crippen LogP contribution in [0.4, 0.5) is 5.69 Å². The number of methoxy groups -OCH3 is 1. The molecular weight excluding hydrogens is 278 g/mol. The van der Waals surface area contributed by atoms with Crippen LogP contribution in [0.3, 0.4) is 0 Å². The number of ether oxygens (including phenoxy) is 1. The molecule has 112 valence electrons. The van der Waals surface area contributed by atoms with Crippen LogP contribution in [0.15, 0.2) is 24.3 Å². The number of hydrogen-bond donors (Lipinski definition) is 0. The molecule has 0 atom stereocenters. The van der Waals surface area contributed by atoms with Crippen molar-refractivity contribution in [1.29, 1.82) is 0 Å². The Bertz CT molecular complexity index is 537. The second-order valence-corrected chi connectivity index (χ2v) is 6.51. The van der Waals surface area contributed by atoms with E-state index in [9.17, 15) is 13.2 Å². The van der Waals surface area contributed by atoms with E-state index < -0.39 is 16.0 Å². The smallest absolute Gasteiger partial charge is 0.305 e. The van der Waals surface area contributed by atoms with E-state index in [4.69, 9.17) is 0 Å². The molecule has 0 saturated carbocycles. The fourth-order valence-corrected chi connectivity index (χ4v) is 3.43. The van der Waals surface area contributed by atoms with E-state index in [1.807, 2.05) is 19.1 Å². The van der Waals surface area contributed by atoms with E-state index in [-0.39, 0.29) is 18.6 Å². The number of rotatable bonds is 7. The number of carbonyl (C=O) groups is 1. The van der Waals surface area contributed by atoms with Crippen LogP contribution in [0, 0.1) is 6.92 Å². The molecule has 0 N–H and O–H groups in total. The molecule has 1 aromatic carbocycles. The van der Waals surface area contributed by atoms with Crippen molar-refractivity contribution in [3.8, 4) is 0 Å². The fourth-order valence-electron chi connectivity index (χ4n) is 1.86. The van der Waals surface area contributed by atoms with E-state index in [0.717, 1.165) is 5.56 Å². The number of anilines is 1. The van der Waals surface area contributed by atoms with Crippen LogP contribution in [-0.4, -0.2) is 33.8 Å². The highest BCUT2D eigenvalue weighted by Gasteiger charge is 2.21. The third-order valence-electron chi connectivity index (χ3n) is 2.96. The number of aryl methyl sites for hydroxylation is 1. The Morgan fingerprint density at radius 3 is 2.35 bits per heavy atom. The number of sulfonamides is 1. The van der Waals surface area contributed by atoms with Gasteiger partial charge in [-0.25, -0.2) is 8.42 Å². The van der Waals surface area contributed by atoms with E-state index in [2.05, 4.69) is 4.74 Å². The average molecular weight is 299 g/mol. The summed E-state index contributed by atoms with van der Waals surface area (Å²) in [4.78, 5) is 11.0. The van der Waals surface area contributed by atoms with Crippen molar-refractivity contribution in [1.82, 2.24) is 0 Å². The Morgan fingerprint density at radius 1 is 1.25 bits per heavy atom. The topological polar surface area (TPSA) is 63.7 Å². The molecule has 0 heterocycles. The zero-order valence-corrected chi connectivity index (χ0v) is 12.9. The molecule has 1 aromatic rings. The lowest BCUT2D eigenvalue weighted by atomic mass is 10.2. The summed E-state index contributed by atoms with van der Waals surface area (Å²) in [6.07, 6.45) is 0.374. The molecule has 0 unspecified atom stereocenters. The quantitative estimate of drug-likeness (QED) is 0.723. The Morgan fingerprint density at radius 2 is 1.85 bits per heavy atom. The first-order valence-electron chi connectivity index (χ1n) is 6.54. The second kappa shape index (κ2) is 7.28. The Labute approximate surface area is 120 Å². The molecule has 1 rings (SSSR count). The van der Waals surface area contributed by atoms with Gasteiger partial charge in [0.1, 0.15) is 0 Å². The van der Waals surface area contributed by atoms with Crippen LogP contribution in [0.5, 0.6) is 0 Å². The summed E-state index contributed by atoms with van der Waals surface area (Å²) in [5, 5.41) is 0. The molecule has 0 bridgehead atoms. The predicted octanol–water partition coefficient (Wildman–Crippen LogP) is 2.10. The van der Waals surface area contributed by atoms with Gasteiger partial charge in [-0.15, -0.1) is 0 Å². The minimum absolute atomic E-state index is 0.0657. The molecule has 0 saturated heterocycles. The molecular formula is C14H21NO4S. The van der Waals surface area contributed by atoms with Crippen molar-refractivity contribution in [3.05, 3.63) is 29.8 Å². The van der Waals surface area contributed by atoms with Crippen molar-refractivity contribution in [2.75, 3.05) is 23.7 Å². The summed E-state index contributed by atoms with van der Waals surface area (Å²) in [5.74, 6) is -0.456. The van der Waals surface area contributed by atoms with E-state index in [1.54, 1.807) is 19.1 Å². The predicted molar refractivity (Wildman–Crippen MR) is 79.2 cm³/mol. The summed E-state index contributed by atoms with van der Waals surface area (Å²) in [5.41, 5.74) is 1.73. The summed E-state index contributed by atoms with van der Waals surface area (Å²) in [6.45, 7) is 4.10. The average Bonchev–Trinajstić information content (AvgIpc) is 2.41. The van der Waals surface area contributed by atoms with Gasteiger partial charge in [-0.2, -0.15) is 0 Å². The van der Waals surface area contributed by atoms with Crippen LogP contribution in [0.25, 0.3) is 0 Å². The maximum atomic E-state index is 12.3. The molecule has 0 aliphatic rings. The maximum Gasteiger partial charge on any atom is 0.305 e. The van der Waals surface area contributed by atoms with Crippen LogP contribution < -0.4 is 4.31 Å². The second-order valence-electron chi connectivity index (χ2n) is 4.50. The van der Waals surface area contributed by atoms with Gasteiger partial charge in [0.25, 0.3) is 0 Å². The largest absolute Gasteiger partial charge is 0.469 e. The van der Waals surface area contributed by atoms with Gasteiger partial charge in [-0.3, -0.25) is 9.10 Å². The first-order chi connectivity index (χ1) is 9.40. The van der Waals surface area contributed by atoms with Gasteiger partial charge in [-0.1, -0.05) is 17.7 Å². The minimum atomic E-state index is -3.42. The van der Waals surface area contributed by atoms with Crippen molar-refractivity contribution in [2.45, 2.75) is 26.7 Å². The standard InChI is InChI=1S/C14H21NO4S/c1-4-15(13-9-7-12(2)8-10-13)20(17,18)11-5-6-14(16)19-3/h7-10H,4-6,11H2,1-3H3. The van der Waals surface area contributed by atoms with Gasteiger partial charge in [0, 0.05) is 13.0 Å². The lowest BCUT2D eigenvalue weighted by Gasteiger charge is -2.23. The monoisotopic (exact) mass is 299 g/mol. The van der Waals surface area contributed by atoms with Crippen molar-refractivity contribution in [3.63, 3.8) is 0 Å². The van der Waals surface area contributed by atoms with Crippen LogP contribution in [0.1, 0.15) is 25.3 Å². The highest BCUT2D eigenvalue weighted by atomic mass is 32.2. The highest BCUT2D eigenvalue weighted by Crippen LogP contribution is 2.19. The first-order valence-corrected chi connectivity index (χ1v) is 8.15. The summed E-state index contributed by atoms with van der Waals surface area (Å²) in [6, 6.07) is 7.33. The van der Waals surface area contributed by atoms with Crippen LogP contribution in [0.2, 0.25) is 0 Å². The van der Waals surface area contributed by atoms with Crippen molar-refractivity contribution < 1.29 is 17.9 Å². The van der Waals surface area contributed by atoms with Gasteiger partial charge in [0.2, 0.25) is 10.0 Å². The molecule has 6 heteroatoms. The minimum Gasteiger partial charge on any atom is -0.469 e. The van der Waals surface area contributed by atoms with E-state index in [1.165, 1.54) is 11.4 Å². The zero-order valence-electron chi connectivity index (χ0n) is 12.1. The lowest BCUT2D eigenvalue weighted by molar-refractivity contribution is -0.140. The third kappa shape index (κ3) is 4.52. The van der Waals surface area contributed by atoms with E-state index >= 15 is 0 Å². The lowest BCUT2D eigenvalue weighted by Crippen LogP contribution is -2.33. The first kappa shape index (κ1) is 16.5. The maximum absolute atomic E-state index is 12.3. The van der Waals surface area contributed by atoms with Gasteiger partial charge in [-0.05, 0) is 32.4 Å². The Kier molecular flexibility index (Phi) is 6.01. The number of hydrogen-bond acceptors (Lipinski definition) is 4. The molecule has 0 amide bonds. The number of esters is 1. The van der Waals surface area contributed by atoms with Crippen molar-refractivity contribution >= 4 is 21.7 Å². The molecule has 0 fully saturated rings. The van der Waals surface area contributed by atoms with Gasteiger partial charge in [0.05, 0.1) is 18.6 Å². The molecule has 0 spiro atoms. The Hall–Kier alpha value is -1.56. The zero-order chi connectivity index (χ0) is 15.2. The molecule has 0 aromatic heterocycles. The van der Waals surface area contributed by atoms with Gasteiger partial charge < -0.3 is 4.74 Å². The number of carbonyl (C=O) groups excluding carboxylic acids is 1. The molecule has 5 nitrogen and oxygen atoms in total.